The molecule has 1 amide bonds. The van der Waals surface area contributed by atoms with Gasteiger partial charge in [-0.2, -0.15) is 18.3 Å². The van der Waals surface area contributed by atoms with Crippen LogP contribution >= 0.6 is 0 Å². The van der Waals surface area contributed by atoms with Crippen molar-refractivity contribution in [3.63, 3.8) is 0 Å². The topological polar surface area (TPSA) is 123 Å². The number of anilines is 1. The zero-order valence-corrected chi connectivity index (χ0v) is 17.0. The second-order valence-electron chi connectivity index (χ2n) is 6.82. The Labute approximate surface area is 180 Å². The maximum Gasteiger partial charge on any atom is 0.490 e. The molecule has 0 bridgehead atoms. The summed E-state index contributed by atoms with van der Waals surface area (Å²) in [6, 6.07) is 3.34. The Hall–Kier alpha value is -3.42. The summed E-state index contributed by atoms with van der Waals surface area (Å²) < 4.78 is 44.1. The smallest absolute Gasteiger partial charge is 0.481 e. The van der Waals surface area contributed by atoms with E-state index in [9.17, 15) is 18.0 Å². The van der Waals surface area contributed by atoms with Crippen LogP contribution < -0.4 is 9.64 Å². The average Bonchev–Trinajstić information content (AvgIpc) is 3.27. The number of carboxylic acids is 1. The molecule has 2 aliphatic rings. The molecule has 4 rings (SSSR count). The summed E-state index contributed by atoms with van der Waals surface area (Å²) in [5.74, 6) is -1.45. The maximum atomic E-state index is 13.0. The van der Waals surface area contributed by atoms with Crippen molar-refractivity contribution in [3.05, 3.63) is 30.4 Å². The van der Waals surface area contributed by atoms with E-state index in [1.54, 1.807) is 19.4 Å². The van der Waals surface area contributed by atoms with Crippen LogP contribution in [0.5, 0.6) is 5.88 Å². The number of carbonyl (C=O) groups excluding carboxylic acids is 1. The third-order valence-corrected chi connectivity index (χ3v) is 4.80. The second-order valence-corrected chi connectivity index (χ2v) is 6.82. The number of morpholine rings is 1. The van der Waals surface area contributed by atoms with Crippen molar-refractivity contribution in [2.45, 2.75) is 18.8 Å². The molecular formula is C18H21F3N6O5. The van der Waals surface area contributed by atoms with Crippen molar-refractivity contribution >= 4 is 17.7 Å². The van der Waals surface area contributed by atoms with Crippen LogP contribution in [0.25, 0.3) is 0 Å². The van der Waals surface area contributed by atoms with Gasteiger partial charge in [-0.05, 0) is 6.07 Å². The van der Waals surface area contributed by atoms with Crippen LogP contribution in [0.3, 0.4) is 0 Å². The molecule has 1 unspecified atom stereocenters. The fourth-order valence-electron chi connectivity index (χ4n) is 3.26. The van der Waals surface area contributed by atoms with Crippen molar-refractivity contribution in [1.82, 2.24) is 24.6 Å². The fourth-order valence-corrected chi connectivity index (χ4v) is 3.26. The van der Waals surface area contributed by atoms with Gasteiger partial charge in [0, 0.05) is 25.4 Å². The number of ether oxygens (including phenoxy) is 2. The number of carbonyl (C=O) groups is 2. The Kier molecular flexibility index (Phi) is 7.12. The highest BCUT2D eigenvalue weighted by atomic mass is 19.4. The van der Waals surface area contributed by atoms with Crippen molar-refractivity contribution in [1.29, 1.82) is 0 Å². The Balaban J connectivity index is 0.000000360. The van der Waals surface area contributed by atoms with Gasteiger partial charge in [-0.3, -0.25) is 9.48 Å². The number of nitrogens with zero attached hydrogens (tertiary/aromatic N) is 6. The lowest BCUT2D eigenvalue weighted by Gasteiger charge is -2.37. The van der Waals surface area contributed by atoms with Gasteiger partial charge in [0.15, 0.2) is 0 Å². The van der Waals surface area contributed by atoms with E-state index in [0.29, 0.717) is 45.3 Å². The Bertz CT molecular complexity index is 947. The van der Waals surface area contributed by atoms with Crippen LogP contribution in [0.2, 0.25) is 0 Å². The van der Waals surface area contributed by atoms with Crippen LogP contribution in [0.1, 0.15) is 11.7 Å². The summed E-state index contributed by atoms with van der Waals surface area (Å²) in [5.41, 5.74) is 0.982. The van der Waals surface area contributed by atoms with E-state index in [4.69, 9.17) is 19.4 Å². The van der Waals surface area contributed by atoms with Gasteiger partial charge in [0.1, 0.15) is 18.2 Å². The molecule has 1 N–H and O–H groups in total. The van der Waals surface area contributed by atoms with Crippen LogP contribution in [-0.2, 0) is 20.9 Å². The first-order chi connectivity index (χ1) is 15.2. The molecule has 2 aromatic heterocycles. The highest BCUT2D eigenvalue weighted by Gasteiger charge is 2.38. The predicted molar refractivity (Wildman–Crippen MR) is 102 cm³/mol. The summed E-state index contributed by atoms with van der Waals surface area (Å²) in [7, 11) is 1.57. The highest BCUT2D eigenvalue weighted by molar-refractivity contribution is 5.81. The molecule has 2 aromatic rings. The first kappa shape index (κ1) is 23.2. The minimum absolute atomic E-state index is 0.0685. The van der Waals surface area contributed by atoms with E-state index in [-0.39, 0.29) is 11.9 Å². The lowest BCUT2D eigenvalue weighted by atomic mass is 10.1. The lowest BCUT2D eigenvalue weighted by molar-refractivity contribution is -0.192. The van der Waals surface area contributed by atoms with Crippen LogP contribution in [0.4, 0.5) is 19.0 Å². The van der Waals surface area contributed by atoms with E-state index in [1.165, 1.54) is 6.33 Å². The fraction of sp³-hybridized carbons (Fsp3) is 0.500. The van der Waals surface area contributed by atoms with Gasteiger partial charge in [0.05, 0.1) is 39.1 Å². The molecule has 14 heteroatoms. The number of aliphatic carboxylic acids is 1. The van der Waals surface area contributed by atoms with Gasteiger partial charge < -0.3 is 24.4 Å². The van der Waals surface area contributed by atoms with Gasteiger partial charge >= 0.3 is 12.1 Å². The van der Waals surface area contributed by atoms with E-state index in [2.05, 4.69) is 20.0 Å². The summed E-state index contributed by atoms with van der Waals surface area (Å²) in [6.45, 7) is 3.53. The molecule has 0 aromatic carbocycles. The zero-order valence-electron chi connectivity index (χ0n) is 17.0. The molecule has 0 radical (unpaired) electrons. The van der Waals surface area contributed by atoms with E-state index in [1.807, 2.05) is 15.6 Å². The largest absolute Gasteiger partial charge is 0.490 e. The zero-order chi connectivity index (χ0) is 23.3. The molecule has 1 atom stereocenters. The molecule has 174 valence electrons. The van der Waals surface area contributed by atoms with Crippen molar-refractivity contribution in [2.75, 3.05) is 44.9 Å². The highest BCUT2D eigenvalue weighted by Crippen LogP contribution is 2.27. The minimum atomic E-state index is -5.08. The van der Waals surface area contributed by atoms with Gasteiger partial charge in [0.2, 0.25) is 11.8 Å². The summed E-state index contributed by atoms with van der Waals surface area (Å²) in [6.07, 6.45) is -1.88. The standard InChI is InChI=1S/C16H20N6O3.C2HF3O2/c1-24-15-8-14(17-11-18-15)21-9-12-2-3-19-22(12)13(10-21)16(23)20-4-6-25-7-5-20;3-2(4,5)1(6)7/h2-3,8,11,13H,4-7,9-10H2,1H3;(H,6,7). The molecule has 1 fully saturated rings. The molecule has 32 heavy (non-hydrogen) atoms. The Morgan fingerprint density at radius 3 is 2.56 bits per heavy atom. The molecule has 0 saturated carbocycles. The van der Waals surface area contributed by atoms with Gasteiger partial charge in [-0.25, -0.2) is 14.8 Å². The number of rotatable bonds is 3. The summed E-state index contributed by atoms with van der Waals surface area (Å²) >= 11 is 0. The number of halogens is 3. The van der Waals surface area contributed by atoms with Crippen molar-refractivity contribution < 1.29 is 37.3 Å². The van der Waals surface area contributed by atoms with Gasteiger partial charge in [0.25, 0.3) is 0 Å². The molecule has 4 heterocycles. The Morgan fingerprint density at radius 2 is 1.94 bits per heavy atom. The molecule has 2 aliphatic heterocycles. The number of fused-ring (bicyclic) bond motifs is 1. The number of aromatic nitrogens is 4. The van der Waals surface area contributed by atoms with Crippen molar-refractivity contribution in [2.24, 2.45) is 0 Å². The molecule has 11 nitrogen and oxygen atoms in total. The van der Waals surface area contributed by atoms with Gasteiger partial charge in [-0.15, -0.1) is 0 Å². The van der Waals surface area contributed by atoms with Crippen LogP contribution in [-0.4, -0.2) is 87.8 Å². The number of methoxy groups -OCH3 is 1. The molecular weight excluding hydrogens is 437 g/mol. The average molecular weight is 458 g/mol. The van der Waals surface area contributed by atoms with Crippen molar-refractivity contribution in [3.8, 4) is 5.88 Å². The monoisotopic (exact) mass is 458 g/mol. The van der Waals surface area contributed by atoms with E-state index in [0.717, 1.165) is 11.5 Å². The second kappa shape index (κ2) is 9.80. The maximum absolute atomic E-state index is 13.0. The van der Waals surface area contributed by atoms with Gasteiger partial charge in [-0.1, -0.05) is 0 Å². The SMILES string of the molecule is COc1cc(N2Cc3ccnn3C(C(=O)N3CCOCC3)C2)ncn1.O=C(O)C(F)(F)F. The summed E-state index contributed by atoms with van der Waals surface area (Å²) in [4.78, 5) is 34.2. The van der Waals surface area contributed by atoms with E-state index >= 15 is 0 Å². The summed E-state index contributed by atoms with van der Waals surface area (Å²) in [5, 5.41) is 11.5. The number of amides is 1. The van der Waals surface area contributed by atoms with E-state index < -0.39 is 12.1 Å². The molecule has 0 spiro atoms. The first-order valence-electron chi connectivity index (χ1n) is 9.50. The predicted octanol–water partition coefficient (Wildman–Crippen LogP) is 0.735. The number of carboxylic acid groups (broad SMARTS) is 1. The first-order valence-corrected chi connectivity index (χ1v) is 9.50. The lowest BCUT2D eigenvalue weighted by Crippen LogP contribution is -2.49. The number of alkyl halides is 3. The normalized spacial score (nSPS) is 18.3. The third-order valence-electron chi connectivity index (χ3n) is 4.80. The van der Waals surface area contributed by atoms with Crippen LogP contribution in [0.15, 0.2) is 24.7 Å². The quantitative estimate of drug-likeness (QED) is 0.709. The Morgan fingerprint density at radius 1 is 1.25 bits per heavy atom. The molecule has 1 saturated heterocycles. The third kappa shape index (κ3) is 5.43. The molecule has 0 aliphatic carbocycles. The van der Waals surface area contributed by atoms with Crippen LogP contribution in [0, 0.1) is 0 Å². The number of hydrogen-bond donors (Lipinski definition) is 1. The minimum Gasteiger partial charge on any atom is -0.481 e. The number of hydrogen-bond acceptors (Lipinski definition) is 8.